The summed E-state index contributed by atoms with van der Waals surface area (Å²) in [6.45, 7) is 5.27. The molecule has 2 saturated heterocycles. The lowest BCUT2D eigenvalue weighted by Crippen LogP contribution is -2.50. The molecule has 2 aliphatic rings. The van der Waals surface area contributed by atoms with Gasteiger partial charge >= 0.3 is 0 Å². The number of amides is 1. The minimum Gasteiger partial charge on any atom is -0.352 e. The Morgan fingerprint density at radius 2 is 2.12 bits per heavy atom. The Hall–Kier alpha value is -0.830. The van der Waals surface area contributed by atoms with Crippen LogP contribution >= 0.6 is 0 Å². The average Bonchev–Trinajstić information content (AvgIpc) is 2.36. The quantitative estimate of drug-likeness (QED) is 0.760. The van der Waals surface area contributed by atoms with E-state index in [9.17, 15) is 4.79 Å². The number of nitrogens with zero attached hydrogens (tertiary/aromatic N) is 1. The summed E-state index contributed by atoms with van der Waals surface area (Å²) >= 11 is 0. The second kappa shape index (κ2) is 6.20. The Labute approximate surface area is 104 Å². The highest BCUT2D eigenvalue weighted by Crippen LogP contribution is 2.30. The van der Waals surface area contributed by atoms with Crippen LogP contribution in [-0.4, -0.2) is 36.5 Å². The summed E-state index contributed by atoms with van der Waals surface area (Å²) in [6, 6.07) is 0.725. The van der Waals surface area contributed by atoms with Crippen molar-refractivity contribution in [2.75, 3.05) is 19.6 Å². The number of allylic oxidation sites excluding steroid dienone is 1. The zero-order chi connectivity index (χ0) is 12.1. The van der Waals surface area contributed by atoms with E-state index in [1.165, 1.54) is 45.2 Å². The highest BCUT2D eigenvalue weighted by atomic mass is 16.1. The third-order valence-corrected chi connectivity index (χ3v) is 4.09. The first-order valence-electron chi connectivity index (χ1n) is 6.96. The van der Waals surface area contributed by atoms with Gasteiger partial charge in [0.2, 0.25) is 5.91 Å². The fraction of sp³-hybridized carbons (Fsp3) is 0.786. The van der Waals surface area contributed by atoms with Crippen molar-refractivity contribution in [3.8, 4) is 0 Å². The van der Waals surface area contributed by atoms with E-state index >= 15 is 0 Å². The van der Waals surface area contributed by atoms with E-state index in [1.807, 2.05) is 6.92 Å². The van der Waals surface area contributed by atoms with Crippen LogP contribution in [0.4, 0.5) is 0 Å². The van der Waals surface area contributed by atoms with E-state index in [0.717, 1.165) is 12.6 Å². The van der Waals surface area contributed by atoms with Gasteiger partial charge in [-0.1, -0.05) is 12.5 Å². The molecule has 3 nitrogen and oxygen atoms in total. The summed E-state index contributed by atoms with van der Waals surface area (Å²) in [4.78, 5) is 14.1. The number of hydrogen-bond acceptors (Lipinski definition) is 2. The first-order valence-corrected chi connectivity index (χ1v) is 6.96. The van der Waals surface area contributed by atoms with Crippen LogP contribution in [0.15, 0.2) is 12.2 Å². The molecule has 0 aliphatic carbocycles. The van der Waals surface area contributed by atoms with Crippen LogP contribution in [-0.2, 0) is 4.79 Å². The summed E-state index contributed by atoms with van der Waals surface area (Å²) in [5.41, 5.74) is 0. The Morgan fingerprint density at radius 1 is 1.29 bits per heavy atom. The molecule has 96 valence electrons. The van der Waals surface area contributed by atoms with Gasteiger partial charge in [-0.2, -0.15) is 0 Å². The number of carbonyl (C=O) groups excluding carboxylic acids is 1. The SMILES string of the molecule is C/C=C/C(=O)NC[C@H]1CCCN2CCCC[C@H]12. The van der Waals surface area contributed by atoms with Gasteiger partial charge in [-0.05, 0) is 57.7 Å². The monoisotopic (exact) mass is 236 g/mol. The largest absolute Gasteiger partial charge is 0.352 e. The van der Waals surface area contributed by atoms with E-state index < -0.39 is 0 Å². The molecule has 2 fully saturated rings. The number of carbonyl (C=O) groups is 1. The molecule has 2 heterocycles. The Morgan fingerprint density at radius 3 is 2.94 bits per heavy atom. The maximum absolute atomic E-state index is 11.4. The second-order valence-electron chi connectivity index (χ2n) is 5.25. The fourth-order valence-electron chi connectivity index (χ4n) is 3.26. The van der Waals surface area contributed by atoms with E-state index in [2.05, 4.69) is 10.2 Å². The molecular weight excluding hydrogens is 212 g/mol. The van der Waals surface area contributed by atoms with E-state index in [0.29, 0.717) is 5.92 Å². The van der Waals surface area contributed by atoms with Crippen molar-refractivity contribution in [3.63, 3.8) is 0 Å². The predicted molar refractivity (Wildman–Crippen MR) is 69.8 cm³/mol. The summed E-state index contributed by atoms with van der Waals surface area (Å²) in [5.74, 6) is 0.721. The van der Waals surface area contributed by atoms with Crippen molar-refractivity contribution >= 4 is 5.91 Å². The smallest absolute Gasteiger partial charge is 0.243 e. The molecule has 0 spiro atoms. The molecule has 0 radical (unpaired) electrons. The van der Waals surface area contributed by atoms with Crippen LogP contribution in [0.25, 0.3) is 0 Å². The van der Waals surface area contributed by atoms with Crippen LogP contribution in [0.1, 0.15) is 39.0 Å². The number of hydrogen-bond donors (Lipinski definition) is 1. The molecule has 0 bridgehead atoms. The lowest BCUT2D eigenvalue weighted by Gasteiger charge is -2.44. The van der Waals surface area contributed by atoms with Crippen molar-refractivity contribution in [1.29, 1.82) is 0 Å². The molecule has 0 aromatic rings. The first-order chi connectivity index (χ1) is 8.31. The van der Waals surface area contributed by atoms with Crippen molar-refractivity contribution in [2.24, 2.45) is 5.92 Å². The number of fused-ring (bicyclic) bond motifs is 1. The van der Waals surface area contributed by atoms with Crippen molar-refractivity contribution in [3.05, 3.63) is 12.2 Å². The van der Waals surface area contributed by atoms with E-state index in [-0.39, 0.29) is 5.91 Å². The molecule has 3 heteroatoms. The number of piperidine rings is 2. The van der Waals surface area contributed by atoms with Crippen molar-refractivity contribution in [1.82, 2.24) is 10.2 Å². The summed E-state index contributed by atoms with van der Waals surface area (Å²) in [7, 11) is 0. The van der Waals surface area contributed by atoms with Gasteiger partial charge in [-0.3, -0.25) is 4.79 Å². The minimum atomic E-state index is 0.0560. The Bertz CT molecular complexity index is 286. The molecule has 0 aromatic heterocycles. The molecular formula is C14H24N2O. The molecule has 2 aliphatic heterocycles. The Kier molecular flexibility index (Phi) is 4.60. The zero-order valence-electron chi connectivity index (χ0n) is 10.8. The molecule has 0 saturated carbocycles. The normalized spacial score (nSPS) is 30.2. The van der Waals surface area contributed by atoms with Gasteiger partial charge in [0.25, 0.3) is 0 Å². The molecule has 1 amide bonds. The van der Waals surface area contributed by atoms with Crippen LogP contribution in [0.5, 0.6) is 0 Å². The summed E-state index contributed by atoms with van der Waals surface area (Å²) in [6.07, 6.45) is 10.0. The lowest BCUT2D eigenvalue weighted by atomic mass is 9.83. The molecule has 2 atom stereocenters. The topological polar surface area (TPSA) is 32.3 Å². The van der Waals surface area contributed by atoms with Gasteiger partial charge in [-0.15, -0.1) is 0 Å². The highest BCUT2D eigenvalue weighted by molar-refractivity contribution is 5.87. The van der Waals surface area contributed by atoms with Gasteiger partial charge in [0.05, 0.1) is 0 Å². The van der Waals surface area contributed by atoms with Crippen molar-refractivity contribution in [2.45, 2.75) is 45.1 Å². The van der Waals surface area contributed by atoms with Gasteiger partial charge in [-0.25, -0.2) is 0 Å². The van der Waals surface area contributed by atoms with Crippen LogP contribution in [0.3, 0.4) is 0 Å². The second-order valence-corrected chi connectivity index (χ2v) is 5.25. The highest BCUT2D eigenvalue weighted by Gasteiger charge is 2.32. The third-order valence-electron chi connectivity index (χ3n) is 4.09. The minimum absolute atomic E-state index is 0.0560. The van der Waals surface area contributed by atoms with Gasteiger partial charge in [0.15, 0.2) is 0 Å². The maximum atomic E-state index is 11.4. The van der Waals surface area contributed by atoms with E-state index in [4.69, 9.17) is 0 Å². The van der Waals surface area contributed by atoms with Crippen LogP contribution in [0.2, 0.25) is 0 Å². The predicted octanol–water partition coefficient (Wildman–Crippen LogP) is 1.94. The molecule has 17 heavy (non-hydrogen) atoms. The van der Waals surface area contributed by atoms with Crippen LogP contribution < -0.4 is 5.32 Å². The molecule has 0 unspecified atom stereocenters. The first kappa shape index (κ1) is 12.6. The number of rotatable bonds is 3. The standard InChI is InChI=1S/C14H24N2O/c1-2-6-14(17)15-11-12-7-5-10-16-9-4-3-8-13(12)16/h2,6,12-13H,3-5,7-11H2,1H3,(H,15,17)/b6-2+/t12-,13-/m1/s1. The third kappa shape index (κ3) is 3.32. The molecule has 2 rings (SSSR count). The van der Waals surface area contributed by atoms with Gasteiger partial charge in [0, 0.05) is 12.6 Å². The van der Waals surface area contributed by atoms with E-state index in [1.54, 1.807) is 12.2 Å². The molecule has 1 N–H and O–H groups in total. The average molecular weight is 236 g/mol. The fourth-order valence-corrected chi connectivity index (χ4v) is 3.26. The maximum Gasteiger partial charge on any atom is 0.243 e. The van der Waals surface area contributed by atoms with Crippen LogP contribution in [0, 0.1) is 5.92 Å². The lowest BCUT2D eigenvalue weighted by molar-refractivity contribution is -0.116. The van der Waals surface area contributed by atoms with Gasteiger partial charge in [0.1, 0.15) is 0 Å². The summed E-state index contributed by atoms with van der Waals surface area (Å²) in [5, 5.41) is 3.03. The zero-order valence-corrected chi connectivity index (χ0v) is 10.8. The van der Waals surface area contributed by atoms with Gasteiger partial charge < -0.3 is 10.2 Å². The number of nitrogens with one attached hydrogen (secondary N) is 1. The molecule has 0 aromatic carbocycles. The van der Waals surface area contributed by atoms with Crippen molar-refractivity contribution < 1.29 is 4.79 Å². The Balaban J connectivity index is 1.84. The summed E-state index contributed by atoms with van der Waals surface area (Å²) < 4.78 is 0.